The molecule has 0 bridgehead atoms. The highest BCUT2D eigenvalue weighted by Gasteiger charge is 2.23. The number of rotatable bonds is 7. The first-order valence-corrected chi connectivity index (χ1v) is 11.3. The molecule has 2 N–H and O–H groups in total. The molecule has 0 atom stereocenters. The maximum atomic E-state index is 13.3. The zero-order chi connectivity index (χ0) is 24.1. The van der Waals surface area contributed by atoms with Crippen LogP contribution in [0.2, 0.25) is 5.02 Å². The number of halogens is 1. The van der Waals surface area contributed by atoms with Crippen molar-refractivity contribution in [2.45, 2.75) is 47.7 Å². The Labute approximate surface area is 199 Å². The zero-order valence-corrected chi connectivity index (χ0v) is 20.5. The fourth-order valence-electron chi connectivity index (χ4n) is 3.61. The van der Waals surface area contributed by atoms with Crippen LogP contribution in [0.3, 0.4) is 0 Å². The molecule has 33 heavy (non-hydrogen) atoms. The Morgan fingerprint density at radius 2 is 1.73 bits per heavy atom. The first-order valence-electron chi connectivity index (χ1n) is 10.9. The summed E-state index contributed by atoms with van der Waals surface area (Å²) < 4.78 is 5.16. The van der Waals surface area contributed by atoms with Crippen molar-refractivity contribution in [3.8, 4) is 0 Å². The normalized spacial score (nSPS) is 10.7. The van der Waals surface area contributed by atoms with Gasteiger partial charge < -0.3 is 19.9 Å². The minimum Gasteiger partial charge on any atom is -0.461 e. The summed E-state index contributed by atoms with van der Waals surface area (Å²) in [6.45, 7) is 10.5. The molecule has 0 saturated heterocycles. The Balaban J connectivity index is 1.90. The zero-order valence-electron chi connectivity index (χ0n) is 19.7. The molecule has 3 rings (SSSR count). The molecule has 0 aliphatic rings. The van der Waals surface area contributed by atoms with Crippen molar-refractivity contribution in [3.05, 3.63) is 86.7 Å². The molecular formula is C26H30ClN3O3. The number of H-pyrrole nitrogens is 1. The molecule has 0 aliphatic carbocycles. The van der Waals surface area contributed by atoms with E-state index in [1.165, 1.54) is 0 Å². The minimum absolute atomic E-state index is 0.256. The van der Waals surface area contributed by atoms with Crippen LogP contribution in [-0.4, -0.2) is 28.5 Å². The topological polar surface area (TPSA) is 74.4 Å². The maximum Gasteiger partial charge on any atom is 0.355 e. The SMILES string of the molecule is CCOC(=O)c1[nH]c(C)c(CN(Cc2ccc(C)cc2)C(=O)Nc2ccc(C)c(Cl)c2)c1C. The number of benzene rings is 2. The van der Waals surface area contributed by atoms with Gasteiger partial charge in [-0.15, -0.1) is 0 Å². The van der Waals surface area contributed by atoms with Gasteiger partial charge in [-0.25, -0.2) is 9.59 Å². The Bertz CT molecular complexity index is 1150. The molecule has 7 heteroatoms. The number of ether oxygens (including phenoxy) is 1. The van der Waals surface area contributed by atoms with Gasteiger partial charge in [0.2, 0.25) is 0 Å². The predicted octanol–water partition coefficient (Wildman–Crippen LogP) is 6.31. The summed E-state index contributed by atoms with van der Waals surface area (Å²) in [6.07, 6.45) is 0. The first-order chi connectivity index (χ1) is 15.7. The minimum atomic E-state index is -0.395. The number of nitrogens with zero attached hydrogens (tertiary/aromatic N) is 1. The highest BCUT2D eigenvalue weighted by atomic mass is 35.5. The van der Waals surface area contributed by atoms with Crippen LogP contribution in [0.1, 0.15) is 50.9 Å². The van der Waals surface area contributed by atoms with Gasteiger partial charge in [-0.3, -0.25) is 0 Å². The molecule has 2 amide bonds. The van der Waals surface area contributed by atoms with Crippen molar-refractivity contribution in [3.63, 3.8) is 0 Å². The van der Waals surface area contributed by atoms with Gasteiger partial charge in [0.1, 0.15) is 5.69 Å². The standard InChI is InChI=1S/C26H30ClN3O3/c1-6-33-25(31)24-18(4)22(19(5)28-24)15-30(14-20-10-7-16(2)8-11-20)26(32)29-21-12-9-17(3)23(27)13-21/h7-13,28H,6,14-15H2,1-5H3,(H,29,32). The van der Waals surface area contributed by atoms with E-state index in [1.807, 2.05) is 64.1 Å². The Kier molecular flexibility index (Phi) is 7.82. The molecule has 1 heterocycles. The third-order valence-corrected chi connectivity index (χ3v) is 6.03. The summed E-state index contributed by atoms with van der Waals surface area (Å²) in [4.78, 5) is 30.5. The number of aryl methyl sites for hydroxylation is 3. The fourth-order valence-corrected chi connectivity index (χ4v) is 3.79. The second-order valence-corrected chi connectivity index (χ2v) is 8.59. The van der Waals surface area contributed by atoms with Crippen molar-refractivity contribution in [1.82, 2.24) is 9.88 Å². The van der Waals surface area contributed by atoms with Crippen molar-refractivity contribution in [2.75, 3.05) is 11.9 Å². The van der Waals surface area contributed by atoms with Crippen molar-refractivity contribution in [1.29, 1.82) is 0 Å². The molecule has 0 unspecified atom stereocenters. The summed E-state index contributed by atoms with van der Waals surface area (Å²) in [5, 5.41) is 3.54. The summed E-state index contributed by atoms with van der Waals surface area (Å²) in [5.74, 6) is -0.395. The number of aromatic amines is 1. The largest absolute Gasteiger partial charge is 0.461 e. The number of carbonyl (C=O) groups is 2. The lowest BCUT2D eigenvalue weighted by molar-refractivity contribution is 0.0519. The smallest absolute Gasteiger partial charge is 0.355 e. The third-order valence-electron chi connectivity index (χ3n) is 5.63. The van der Waals surface area contributed by atoms with Crippen LogP contribution in [0.15, 0.2) is 42.5 Å². The number of urea groups is 1. The van der Waals surface area contributed by atoms with E-state index < -0.39 is 5.97 Å². The van der Waals surface area contributed by atoms with Gasteiger partial charge in [0.05, 0.1) is 6.61 Å². The van der Waals surface area contributed by atoms with Gasteiger partial charge in [0.25, 0.3) is 0 Å². The van der Waals surface area contributed by atoms with Crippen LogP contribution < -0.4 is 5.32 Å². The first kappa shape index (κ1) is 24.4. The number of aromatic nitrogens is 1. The van der Waals surface area contributed by atoms with E-state index in [0.717, 1.165) is 33.5 Å². The van der Waals surface area contributed by atoms with Crippen LogP contribution in [-0.2, 0) is 17.8 Å². The number of anilines is 1. The van der Waals surface area contributed by atoms with Crippen LogP contribution in [0, 0.1) is 27.7 Å². The molecule has 0 saturated carbocycles. The number of amides is 2. The van der Waals surface area contributed by atoms with E-state index >= 15 is 0 Å². The molecule has 0 fully saturated rings. The predicted molar refractivity (Wildman–Crippen MR) is 132 cm³/mol. The lowest BCUT2D eigenvalue weighted by atomic mass is 10.1. The summed E-state index contributed by atoms with van der Waals surface area (Å²) in [6, 6.07) is 13.3. The Morgan fingerprint density at radius 3 is 2.36 bits per heavy atom. The Hall–Kier alpha value is -3.25. The number of nitrogens with one attached hydrogen (secondary N) is 2. The monoisotopic (exact) mass is 467 g/mol. The van der Waals surface area contributed by atoms with Gasteiger partial charge in [-0.05, 0) is 69.0 Å². The van der Waals surface area contributed by atoms with Crippen LogP contribution >= 0.6 is 11.6 Å². The van der Waals surface area contributed by atoms with E-state index in [-0.39, 0.29) is 6.03 Å². The molecule has 0 radical (unpaired) electrons. The summed E-state index contributed by atoms with van der Waals surface area (Å²) >= 11 is 6.24. The molecule has 3 aromatic rings. The summed E-state index contributed by atoms with van der Waals surface area (Å²) in [7, 11) is 0. The summed E-state index contributed by atoms with van der Waals surface area (Å²) in [5.41, 5.74) is 6.65. The number of hydrogen-bond donors (Lipinski definition) is 2. The quantitative estimate of drug-likeness (QED) is 0.399. The van der Waals surface area contributed by atoms with Gasteiger partial charge in [-0.1, -0.05) is 47.5 Å². The molecule has 2 aromatic carbocycles. The highest BCUT2D eigenvalue weighted by Crippen LogP contribution is 2.24. The second-order valence-electron chi connectivity index (χ2n) is 8.18. The van der Waals surface area contributed by atoms with E-state index in [2.05, 4.69) is 10.3 Å². The van der Waals surface area contributed by atoms with Crippen molar-refractivity contribution >= 4 is 29.3 Å². The molecule has 0 spiro atoms. The lowest BCUT2D eigenvalue weighted by Crippen LogP contribution is -2.34. The van der Waals surface area contributed by atoms with E-state index in [0.29, 0.717) is 36.1 Å². The van der Waals surface area contributed by atoms with Crippen LogP contribution in [0.25, 0.3) is 0 Å². The van der Waals surface area contributed by atoms with Gasteiger partial charge in [0.15, 0.2) is 0 Å². The van der Waals surface area contributed by atoms with Gasteiger partial charge in [0, 0.05) is 29.5 Å². The number of esters is 1. The Morgan fingerprint density at radius 1 is 1.03 bits per heavy atom. The van der Waals surface area contributed by atoms with Gasteiger partial charge >= 0.3 is 12.0 Å². The van der Waals surface area contributed by atoms with E-state index in [4.69, 9.17) is 16.3 Å². The van der Waals surface area contributed by atoms with Crippen LogP contribution in [0.5, 0.6) is 0 Å². The second kappa shape index (κ2) is 10.6. The average molecular weight is 468 g/mol. The van der Waals surface area contributed by atoms with E-state index in [9.17, 15) is 9.59 Å². The molecule has 6 nitrogen and oxygen atoms in total. The molecule has 174 valence electrons. The fraction of sp³-hybridized carbons (Fsp3) is 0.308. The van der Waals surface area contributed by atoms with Gasteiger partial charge in [-0.2, -0.15) is 0 Å². The number of hydrogen-bond acceptors (Lipinski definition) is 3. The lowest BCUT2D eigenvalue weighted by Gasteiger charge is -2.24. The molecule has 0 aliphatic heterocycles. The van der Waals surface area contributed by atoms with Crippen molar-refractivity contribution < 1.29 is 14.3 Å². The molecule has 1 aromatic heterocycles. The molecular weight excluding hydrogens is 438 g/mol. The van der Waals surface area contributed by atoms with Crippen LogP contribution in [0.4, 0.5) is 10.5 Å². The van der Waals surface area contributed by atoms with Crippen molar-refractivity contribution in [2.24, 2.45) is 0 Å². The average Bonchev–Trinajstić information content (AvgIpc) is 3.05. The third kappa shape index (κ3) is 5.96. The number of carbonyl (C=O) groups excluding carboxylic acids is 2. The highest BCUT2D eigenvalue weighted by molar-refractivity contribution is 6.31. The maximum absolute atomic E-state index is 13.3. The van der Waals surface area contributed by atoms with E-state index in [1.54, 1.807) is 17.9 Å².